The Morgan fingerprint density at radius 3 is 2.50 bits per heavy atom. The van der Waals surface area contributed by atoms with E-state index in [-0.39, 0.29) is 35.7 Å². The van der Waals surface area contributed by atoms with Crippen LogP contribution >= 0.6 is 12.4 Å². The lowest BCUT2D eigenvalue weighted by Gasteiger charge is -2.14. The molecule has 128 valence electrons. The molecule has 1 saturated carbocycles. The van der Waals surface area contributed by atoms with Crippen molar-refractivity contribution in [2.45, 2.75) is 18.9 Å². The number of hydrogen-bond acceptors (Lipinski definition) is 4. The van der Waals surface area contributed by atoms with Gasteiger partial charge in [0.05, 0.1) is 5.69 Å². The van der Waals surface area contributed by atoms with Gasteiger partial charge in [0.25, 0.3) is 11.8 Å². The van der Waals surface area contributed by atoms with E-state index in [1.165, 1.54) is 10.7 Å². The van der Waals surface area contributed by atoms with Crippen LogP contribution in [-0.2, 0) is 0 Å². The highest BCUT2D eigenvalue weighted by Crippen LogP contribution is 2.32. The lowest BCUT2D eigenvalue weighted by molar-refractivity contribution is 0.0927. The Morgan fingerprint density at radius 1 is 1.29 bits per heavy atom. The first-order valence-electron chi connectivity index (χ1n) is 7.56. The van der Waals surface area contributed by atoms with E-state index < -0.39 is 5.91 Å². The highest BCUT2D eigenvalue weighted by molar-refractivity contribution is 5.97. The van der Waals surface area contributed by atoms with Crippen LogP contribution in [0.1, 0.15) is 33.8 Å². The zero-order chi connectivity index (χ0) is 16.4. The molecule has 1 aromatic carbocycles. The van der Waals surface area contributed by atoms with Gasteiger partial charge in [-0.15, -0.1) is 12.4 Å². The van der Waals surface area contributed by atoms with Crippen molar-refractivity contribution in [2.24, 2.45) is 17.4 Å². The van der Waals surface area contributed by atoms with Crippen molar-refractivity contribution in [1.82, 2.24) is 15.1 Å². The molecule has 5 N–H and O–H groups in total. The van der Waals surface area contributed by atoms with Gasteiger partial charge in [0.2, 0.25) is 0 Å². The van der Waals surface area contributed by atoms with Gasteiger partial charge in [-0.25, -0.2) is 4.68 Å². The zero-order valence-electron chi connectivity index (χ0n) is 13.0. The number of carbonyl (C=O) groups is 2. The van der Waals surface area contributed by atoms with E-state index in [2.05, 4.69) is 10.4 Å². The van der Waals surface area contributed by atoms with Gasteiger partial charge in [-0.2, -0.15) is 5.10 Å². The monoisotopic (exact) mass is 349 g/mol. The van der Waals surface area contributed by atoms with Gasteiger partial charge < -0.3 is 16.8 Å². The number of nitrogens with two attached hydrogens (primary N) is 2. The molecule has 1 aliphatic rings. The Bertz CT molecular complexity index is 727. The molecule has 1 heterocycles. The first kappa shape index (κ1) is 18.0. The number of aromatic nitrogens is 2. The smallest absolute Gasteiger partial charge is 0.272 e. The predicted molar refractivity (Wildman–Crippen MR) is 92.4 cm³/mol. The highest BCUT2D eigenvalue weighted by Gasteiger charge is 2.32. The first-order valence-corrected chi connectivity index (χ1v) is 7.56. The molecular formula is C16H20ClN5O2. The molecular weight excluding hydrogens is 330 g/mol. The summed E-state index contributed by atoms with van der Waals surface area (Å²) < 4.78 is 1.38. The Hall–Kier alpha value is -2.38. The van der Waals surface area contributed by atoms with Gasteiger partial charge in [0.1, 0.15) is 5.69 Å². The number of nitrogens with zero attached hydrogens (tertiary/aromatic N) is 2. The summed E-state index contributed by atoms with van der Waals surface area (Å²) in [6.45, 7) is 0.387. The van der Waals surface area contributed by atoms with Crippen LogP contribution in [0.2, 0.25) is 0 Å². The molecule has 1 aromatic heterocycles. The number of rotatable bonds is 6. The van der Waals surface area contributed by atoms with E-state index >= 15 is 0 Å². The highest BCUT2D eigenvalue weighted by atomic mass is 35.5. The maximum absolute atomic E-state index is 12.4. The molecule has 24 heavy (non-hydrogen) atoms. The summed E-state index contributed by atoms with van der Waals surface area (Å²) in [6, 6.07) is 10.4. The minimum absolute atomic E-state index is 0. The van der Waals surface area contributed by atoms with Crippen LogP contribution in [0, 0.1) is 5.92 Å². The molecule has 1 atom stereocenters. The Balaban J connectivity index is 0.00000208. The van der Waals surface area contributed by atoms with Crippen LogP contribution in [0.15, 0.2) is 36.4 Å². The van der Waals surface area contributed by atoms with Crippen LogP contribution in [0.5, 0.6) is 0 Å². The van der Waals surface area contributed by atoms with Crippen molar-refractivity contribution >= 4 is 24.2 Å². The molecule has 0 radical (unpaired) electrons. The summed E-state index contributed by atoms with van der Waals surface area (Å²) >= 11 is 0. The lowest BCUT2D eigenvalue weighted by atomic mass is 10.2. The summed E-state index contributed by atoms with van der Waals surface area (Å²) in [5.41, 5.74) is 12.1. The predicted octanol–water partition coefficient (Wildman–Crippen LogP) is 0.860. The van der Waals surface area contributed by atoms with Gasteiger partial charge in [-0.1, -0.05) is 18.2 Å². The van der Waals surface area contributed by atoms with Crippen LogP contribution in [0.25, 0.3) is 5.69 Å². The number of halogens is 1. The minimum Gasteiger partial charge on any atom is -0.364 e. The number of benzene rings is 1. The normalized spacial score (nSPS) is 14.5. The molecule has 1 aliphatic carbocycles. The zero-order valence-corrected chi connectivity index (χ0v) is 13.8. The summed E-state index contributed by atoms with van der Waals surface area (Å²) in [5.74, 6) is -0.543. The van der Waals surface area contributed by atoms with Gasteiger partial charge in [0, 0.05) is 18.7 Å². The standard InChI is InChI=1S/C16H19N5O2.ClH/c17-9-13(10-6-7-10)19-16(23)12-8-14(15(18)22)21(20-12)11-4-2-1-3-5-11;/h1-5,8,10,13H,6-7,9,17H2,(H2,18,22)(H,19,23);1H. The average molecular weight is 350 g/mol. The second-order valence-electron chi connectivity index (χ2n) is 5.68. The van der Waals surface area contributed by atoms with E-state index in [1.54, 1.807) is 12.1 Å². The molecule has 0 spiro atoms. The first-order chi connectivity index (χ1) is 11.1. The molecule has 0 bridgehead atoms. The van der Waals surface area contributed by atoms with Crippen LogP contribution in [0.4, 0.5) is 0 Å². The number of nitrogens with one attached hydrogen (secondary N) is 1. The maximum Gasteiger partial charge on any atom is 0.272 e. The summed E-state index contributed by atoms with van der Waals surface area (Å²) in [4.78, 5) is 24.0. The Morgan fingerprint density at radius 2 is 1.96 bits per heavy atom. The van der Waals surface area contributed by atoms with Crippen molar-refractivity contribution in [2.75, 3.05) is 6.54 Å². The number of para-hydroxylation sites is 1. The molecule has 0 aliphatic heterocycles. The number of primary amides is 1. The fourth-order valence-electron chi connectivity index (χ4n) is 2.54. The molecule has 7 nitrogen and oxygen atoms in total. The largest absolute Gasteiger partial charge is 0.364 e. The SMILES string of the molecule is Cl.NCC(NC(=O)c1cc(C(N)=O)n(-c2ccccc2)n1)C1CC1. The van der Waals surface area contributed by atoms with Crippen molar-refractivity contribution in [1.29, 1.82) is 0 Å². The molecule has 0 saturated heterocycles. The van der Waals surface area contributed by atoms with Gasteiger partial charge in [0.15, 0.2) is 5.69 Å². The fourth-order valence-corrected chi connectivity index (χ4v) is 2.54. The third-order valence-electron chi connectivity index (χ3n) is 3.96. The third-order valence-corrected chi connectivity index (χ3v) is 3.96. The van der Waals surface area contributed by atoms with Gasteiger partial charge in [-0.3, -0.25) is 9.59 Å². The number of carbonyl (C=O) groups excluding carboxylic acids is 2. The maximum atomic E-state index is 12.4. The summed E-state index contributed by atoms with van der Waals surface area (Å²) in [5, 5.41) is 7.12. The van der Waals surface area contributed by atoms with Crippen molar-refractivity contribution in [3.05, 3.63) is 47.8 Å². The molecule has 3 rings (SSSR count). The quantitative estimate of drug-likeness (QED) is 0.717. The summed E-state index contributed by atoms with van der Waals surface area (Å²) in [7, 11) is 0. The van der Waals surface area contributed by atoms with Gasteiger partial charge >= 0.3 is 0 Å². The van der Waals surface area contributed by atoms with E-state index in [9.17, 15) is 9.59 Å². The van der Waals surface area contributed by atoms with Crippen molar-refractivity contribution in [3.63, 3.8) is 0 Å². The number of amides is 2. The Labute approximate surface area is 145 Å². The molecule has 1 fully saturated rings. The van der Waals surface area contributed by atoms with E-state index in [0.717, 1.165) is 12.8 Å². The van der Waals surface area contributed by atoms with Crippen LogP contribution in [-0.4, -0.2) is 34.2 Å². The lowest BCUT2D eigenvalue weighted by Crippen LogP contribution is -2.41. The van der Waals surface area contributed by atoms with E-state index in [0.29, 0.717) is 18.2 Å². The molecule has 1 unspecified atom stereocenters. The Kier molecular flexibility index (Phi) is 5.58. The van der Waals surface area contributed by atoms with Crippen LogP contribution < -0.4 is 16.8 Å². The van der Waals surface area contributed by atoms with Crippen LogP contribution in [0.3, 0.4) is 0 Å². The summed E-state index contributed by atoms with van der Waals surface area (Å²) in [6.07, 6.45) is 2.15. The molecule has 2 aromatic rings. The van der Waals surface area contributed by atoms with E-state index in [4.69, 9.17) is 11.5 Å². The average Bonchev–Trinajstić information content (AvgIpc) is 3.30. The van der Waals surface area contributed by atoms with E-state index in [1.807, 2.05) is 18.2 Å². The third kappa shape index (κ3) is 3.74. The van der Waals surface area contributed by atoms with Crippen molar-refractivity contribution < 1.29 is 9.59 Å². The minimum atomic E-state index is -0.641. The topological polar surface area (TPSA) is 116 Å². The fraction of sp³-hybridized carbons (Fsp3) is 0.312. The van der Waals surface area contributed by atoms with Gasteiger partial charge in [-0.05, 0) is 30.9 Å². The van der Waals surface area contributed by atoms with Crippen molar-refractivity contribution in [3.8, 4) is 5.69 Å². The molecule has 8 heteroatoms. The second kappa shape index (κ2) is 7.46. The second-order valence-corrected chi connectivity index (χ2v) is 5.68. The number of hydrogen-bond donors (Lipinski definition) is 3. The molecule has 2 amide bonds.